The molecule has 0 saturated carbocycles. The summed E-state index contributed by atoms with van der Waals surface area (Å²) in [6.07, 6.45) is 0.758. The maximum Gasteiger partial charge on any atom is 0.239 e. The number of carbonyl (C=O) groups excluding carboxylic acids is 1. The van der Waals surface area contributed by atoms with Crippen molar-refractivity contribution in [1.29, 1.82) is 0 Å². The Bertz CT molecular complexity index is 862. The van der Waals surface area contributed by atoms with Crippen molar-refractivity contribution in [3.63, 3.8) is 0 Å². The summed E-state index contributed by atoms with van der Waals surface area (Å²) in [6, 6.07) is 10.7. The van der Waals surface area contributed by atoms with E-state index in [2.05, 4.69) is 5.32 Å². The van der Waals surface area contributed by atoms with Gasteiger partial charge >= 0.3 is 0 Å². The molecule has 2 aliphatic heterocycles. The van der Waals surface area contributed by atoms with Gasteiger partial charge in [-0.05, 0) is 30.7 Å². The van der Waals surface area contributed by atoms with Crippen molar-refractivity contribution in [3.05, 3.63) is 53.3 Å². The summed E-state index contributed by atoms with van der Waals surface area (Å²) in [6.45, 7) is 1.58. The van der Waals surface area contributed by atoms with Crippen LogP contribution < -0.4 is 19.7 Å². The quantitative estimate of drug-likeness (QED) is 0.915. The van der Waals surface area contributed by atoms with E-state index in [1.165, 1.54) is 20.3 Å². The second kappa shape index (κ2) is 6.29. The van der Waals surface area contributed by atoms with Crippen molar-refractivity contribution in [2.75, 3.05) is 32.2 Å². The number of hydrogen-bond donors (Lipinski definition) is 1. The molecule has 2 aromatic rings. The average Bonchev–Trinajstić information content (AvgIpc) is 3.24. The zero-order chi connectivity index (χ0) is 18.3. The minimum Gasteiger partial charge on any atom is -0.493 e. The number of para-hydroxylation sites is 1. The van der Waals surface area contributed by atoms with Crippen LogP contribution in [0.1, 0.15) is 17.5 Å². The molecule has 2 aromatic carbocycles. The maximum atomic E-state index is 14.6. The summed E-state index contributed by atoms with van der Waals surface area (Å²) in [5, 5.41) is 3.30. The summed E-state index contributed by atoms with van der Waals surface area (Å²) in [7, 11) is 2.98. The zero-order valence-corrected chi connectivity index (χ0v) is 14.8. The number of rotatable bonds is 4. The van der Waals surface area contributed by atoms with Crippen LogP contribution in [0.25, 0.3) is 0 Å². The molecule has 26 heavy (non-hydrogen) atoms. The first-order valence-corrected chi connectivity index (χ1v) is 8.63. The molecule has 0 radical (unpaired) electrons. The molecule has 1 spiro atoms. The Labute approximate surface area is 151 Å². The fourth-order valence-electron chi connectivity index (χ4n) is 4.05. The van der Waals surface area contributed by atoms with E-state index in [1.807, 2.05) is 24.3 Å². The molecule has 4 rings (SSSR count). The topological polar surface area (TPSA) is 50.8 Å². The lowest BCUT2D eigenvalue weighted by atomic mass is 9.81. The van der Waals surface area contributed by atoms with E-state index in [9.17, 15) is 9.18 Å². The fraction of sp³-hybridized carbons (Fsp3) is 0.350. The number of halogens is 1. The zero-order valence-electron chi connectivity index (χ0n) is 14.8. The number of hydrogen-bond acceptors (Lipinski definition) is 4. The molecule has 136 valence electrons. The summed E-state index contributed by atoms with van der Waals surface area (Å²) < 4.78 is 25.0. The van der Waals surface area contributed by atoms with Gasteiger partial charge in [-0.3, -0.25) is 4.79 Å². The Balaban J connectivity index is 1.74. The van der Waals surface area contributed by atoms with Crippen LogP contribution in [0.2, 0.25) is 0 Å². The van der Waals surface area contributed by atoms with Gasteiger partial charge in [-0.1, -0.05) is 18.2 Å². The highest BCUT2D eigenvalue weighted by Crippen LogP contribution is 2.46. The van der Waals surface area contributed by atoms with Crippen molar-refractivity contribution in [2.45, 2.75) is 18.4 Å². The highest BCUT2D eigenvalue weighted by atomic mass is 19.1. The number of ether oxygens (including phenoxy) is 2. The van der Waals surface area contributed by atoms with E-state index in [0.717, 1.165) is 24.2 Å². The number of benzene rings is 2. The lowest BCUT2D eigenvalue weighted by Crippen LogP contribution is -2.41. The molecule has 1 atom stereocenters. The number of fused-ring (bicyclic) bond motifs is 2. The molecule has 5 nitrogen and oxygen atoms in total. The third-order valence-electron chi connectivity index (χ3n) is 5.40. The van der Waals surface area contributed by atoms with E-state index in [1.54, 1.807) is 11.0 Å². The van der Waals surface area contributed by atoms with Crippen LogP contribution in [-0.2, 0) is 16.8 Å². The van der Waals surface area contributed by atoms with Crippen LogP contribution in [0, 0.1) is 5.82 Å². The van der Waals surface area contributed by atoms with E-state index >= 15 is 0 Å². The summed E-state index contributed by atoms with van der Waals surface area (Å²) in [4.78, 5) is 15.0. The standard InChI is InChI=1S/C20H21FN2O3/c1-25-17-9-13(15(21)10-18(17)26-2)11-23-16-6-4-3-5-14(16)20(19(23)24)7-8-22-12-20/h3-6,9-10,22H,7-8,11-12H2,1-2H3. The molecule has 1 unspecified atom stereocenters. The van der Waals surface area contributed by atoms with Gasteiger partial charge in [-0.15, -0.1) is 0 Å². The van der Waals surface area contributed by atoms with Crippen LogP contribution >= 0.6 is 0 Å². The van der Waals surface area contributed by atoms with Crippen LogP contribution in [0.3, 0.4) is 0 Å². The predicted molar refractivity (Wildman–Crippen MR) is 96.3 cm³/mol. The lowest BCUT2D eigenvalue weighted by Gasteiger charge is -2.23. The van der Waals surface area contributed by atoms with Gasteiger partial charge in [0, 0.05) is 23.9 Å². The monoisotopic (exact) mass is 356 g/mol. The van der Waals surface area contributed by atoms with Gasteiger partial charge < -0.3 is 19.7 Å². The van der Waals surface area contributed by atoms with Gasteiger partial charge in [-0.25, -0.2) is 4.39 Å². The number of methoxy groups -OCH3 is 2. The molecule has 2 heterocycles. The van der Waals surface area contributed by atoms with Gasteiger partial charge in [0.05, 0.1) is 26.2 Å². The minimum absolute atomic E-state index is 0.0258. The lowest BCUT2D eigenvalue weighted by molar-refractivity contribution is -0.122. The Morgan fingerprint density at radius 1 is 1.19 bits per heavy atom. The molecular weight excluding hydrogens is 335 g/mol. The SMILES string of the molecule is COc1cc(F)c(CN2C(=O)C3(CCNC3)c3ccccc32)cc1OC. The number of nitrogens with zero attached hydrogens (tertiary/aromatic N) is 1. The Kier molecular flexibility index (Phi) is 4.07. The minimum atomic E-state index is -0.538. The van der Waals surface area contributed by atoms with Crippen molar-refractivity contribution < 1.29 is 18.7 Å². The van der Waals surface area contributed by atoms with Gasteiger partial charge in [0.25, 0.3) is 0 Å². The summed E-state index contributed by atoms with van der Waals surface area (Å²) in [5.74, 6) is 0.385. The number of amides is 1. The maximum absolute atomic E-state index is 14.6. The van der Waals surface area contributed by atoms with Crippen molar-refractivity contribution in [2.24, 2.45) is 0 Å². The molecule has 0 aromatic heterocycles. The molecule has 1 amide bonds. The average molecular weight is 356 g/mol. The Morgan fingerprint density at radius 3 is 2.62 bits per heavy atom. The van der Waals surface area contributed by atoms with Crippen LogP contribution in [0.4, 0.5) is 10.1 Å². The molecule has 6 heteroatoms. The van der Waals surface area contributed by atoms with Crippen molar-refractivity contribution in [3.8, 4) is 11.5 Å². The smallest absolute Gasteiger partial charge is 0.239 e. The van der Waals surface area contributed by atoms with Gasteiger partial charge in [0.15, 0.2) is 11.5 Å². The Morgan fingerprint density at radius 2 is 1.92 bits per heavy atom. The molecule has 0 aliphatic carbocycles. The van der Waals surface area contributed by atoms with E-state index < -0.39 is 11.2 Å². The van der Waals surface area contributed by atoms with E-state index in [-0.39, 0.29) is 12.5 Å². The third-order valence-corrected chi connectivity index (χ3v) is 5.40. The molecule has 0 bridgehead atoms. The molecule has 1 fully saturated rings. The highest BCUT2D eigenvalue weighted by molar-refractivity contribution is 6.08. The fourth-order valence-corrected chi connectivity index (χ4v) is 4.05. The normalized spacial score (nSPS) is 21.3. The third kappa shape index (κ3) is 2.36. The van der Waals surface area contributed by atoms with Gasteiger partial charge in [0.2, 0.25) is 5.91 Å². The van der Waals surface area contributed by atoms with Gasteiger partial charge in [-0.2, -0.15) is 0 Å². The number of nitrogens with one attached hydrogen (secondary N) is 1. The van der Waals surface area contributed by atoms with Crippen molar-refractivity contribution in [1.82, 2.24) is 5.32 Å². The highest BCUT2D eigenvalue weighted by Gasteiger charge is 2.52. The Hall–Kier alpha value is -2.60. The van der Waals surface area contributed by atoms with Crippen LogP contribution in [0.15, 0.2) is 36.4 Å². The molecule has 2 aliphatic rings. The molecule has 1 saturated heterocycles. The van der Waals surface area contributed by atoms with Crippen LogP contribution in [-0.4, -0.2) is 33.2 Å². The van der Waals surface area contributed by atoms with Crippen molar-refractivity contribution >= 4 is 11.6 Å². The summed E-state index contributed by atoms with van der Waals surface area (Å²) in [5.41, 5.74) is 1.74. The molecular formula is C20H21FN2O3. The second-order valence-corrected chi connectivity index (χ2v) is 6.72. The first-order chi connectivity index (χ1) is 12.6. The number of carbonyl (C=O) groups is 1. The van der Waals surface area contributed by atoms with E-state index in [4.69, 9.17) is 9.47 Å². The molecule has 1 N–H and O–H groups in total. The first-order valence-electron chi connectivity index (χ1n) is 8.63. The summed E-state index contributed by atoms with van der Waals surface area (Å²) >= 11 is 0. The second-order valence-electron chi connectivity index (χ2n) is 6.72. The predicted octanol–water partition coefficient (Wildman–Crippen LogP) is 2.62. The first kappa shape index (κ1) is 16.8. The number of anilines is 1. The largest absolute Gasteiger partial charge is 0.493 e. The van der Waals surface area contributed by atoms with Gasteiger partial charge in [0.1, 0.15) is 5.82 Å². The van der Waals surface area contributed by atoms with E-state index in [0.29, 0.717) is 23.6 Å². The van der Waals surface area contributed by atoms with Crippen LogP contribution in [0.5, 0.6) is 11.5 Å².